The number of hydrogen-bond donors (Lipinski definition) is 1. The highest BCUT2D eigenvalue weighted by atomic mass is 16.4. The highest BCUT2D eigenvalue weighted by Gasteiger charge is 2.46. The van der Waals surface area contributed by atoms with Crippen LogP contribution < -0.4 is 0 Å². The fraction of sp³-hybridized carbons (Fsp3) is 0.950. The summed E-state index contributed by atoms with van der Waals surface area (Å²) in [4.78, 5) is 11.7. The van der Waals surface area contributed by atoms with Crippen LogP contribution in [0.25, 0.3) is 0 Å². The van der Waals surface area contributed by atoms with Crippen LogP contribution in [0.5, 0.6) is 0 Å². The number of quaternary nitrogens is 1. The van der Waals surface area contributed by atoms with Gasteiger partial charge in [-0.1, -0.05) is 71.1 Å². The molecule has 0 saturated heterocycles. The summed E-state index contributed by atoms with van der Waals surface area (Å²) in [5.74, 6) is -0.656. The molecule has 0 amide bonds. The van der Waals surface area contributed by atoms with Gasteiger partial charge in [0.1, 0.15) is 0 Å². The minimum atomic E-state index is -0.659. The van der Waals surface area contributed by atoms with Crippen LogP contribution in [0.4, 0.5) is 0 Å². The smallest absolute Gasteiger partial charge is 0.365 e. The van der Waals surface area contributed by atoms with E-state index in [4.69, 9.17) is 0 Å². The molecule has 3 nitrogen and oxygen atoms in total. The largest absolute Gasteiger partial charge is 0.477 e. The second-order valence-corrected chi connectivity index (χ2v) is 7.87. The fourth-order valence-corrected chi connectivity index (χ4v) is 3.15. The zero-order chi connectivity index (χ0) is 17.8. The number of likely N-dealkylation sites (N-methyl/N-ethyl adjacent to an activating group) is 1. The van der Waals surface area contributed by atoms with E-state index < -0.39 is 11.5 Å². The number of aliphatic carboxylic acids is 1. The molecule has 0 aliphatic heterocycles. The third kappa shape index (κ3) is 8.19. The minimum absolute atomic E-state index is 0.556. The van der Waals surface area contributed by atoms with Crippen LogP contribution in [0.3, 0.4) is 0 Å². The summed E-state index contributed by atoms with van der Waals surface area (Å²) in [6, 6.07) is 0. The van der Waals surface area contributed by atoms with Crippen LogP contribution in [0.2, 0.25) is 0 Å². The number of nitrogens with zero attached hydrogens (tertiary/aromatic N) is 1. The summed E-state index contributed by atoms with van der Waals surface area (Å²) >= 11 is 0. The quantitative estimate of drug-likeness (QED) is 0.312. The lowest BCUT2D eigenvalue weighted by molar-refractivity contribution is -0.929. The van der Waals surface area contributed by atoms with Crippen molar-refractivity contribution in [2.24, 2.45) is 0 Å². The Kier molecular flexibility index (Phi) is 11.6. The molecule has 1 N–H and O–H groups in total. The van der Waals surface area contributed by atoms with Gasteiger partial charge in [-0.25, -0.2) is 4.79 Å². The SMILES string of the molecule is CCCCCCCCCCCCCC(C)(C(=O)O)[N+](C)(C)CC. The molecule has 138 valence electrons. The summed E-state index contributed by atoms with van der Waals surface area (Å²) in [5.41, 5.74) is -0.659. The molecular formula is C20H42NO2+. The van der Waals surface area contributed by atoms with E-state index in [1.807, 2.05) is 21.0 Å². The third-order valence-corrected chi connectivity index (χ3v) is 5.85. The Labute approximate surface area is 145 Å². The van der Waals surface area contributed by atoms with Crippen molar-refractivity contribution in [2.45, 2.75) is 103 Å². The van der Waals surface area contributed by atoms with Gasteiger partial charge in [-0.2, -0.15) is 0 Å². The normalized spacial score (nSPS) is 14.7. The van der Waals surface area contributed by atoms with E-state index >= 15 is 0 Å². The van der Waals surface area contributed by atoms with Gasteiger partial charge in [-0.3, -0.25) is 0 Å². The average molecular weight is 329 g/mol. The van der Waals surface area contributed by atoms with Crippen molar-refractivity contribution in [1.29, 1.82) is 0 Å². The van der Waals surface area contributed by atoms with E-state index in [9.17, 15) is 9.90 Å². The summed E-state index contributed by atoms with van der Waals surface area (Å²) in [5, 5.41) is 9.64. The van der Waals surface area contributed by atoms with Crippen LogP contribution in [-0.4, -0.2) is 41.7 Å². The zero-order valence-electron chi connectivity index (χ0n) is 16.5. The molecule has 0 fully saturated rings. The second kappa shape index (κ2) is 11.9. The number of hydrogen-bond acceptors (Lipinski definition) is 1. The van der Waals surface area contributed by atoms with Gasteiger partial charge in [0.15, 0.2) is 5.54 Å². The molecule has 0 aliphatic carbocycles. The highest BCUT2D eigenvalue weighted by molar-refractivity contribution is 5.76. The van der Waals surface area contributed by atoms with E-state index in [1.54, 1.807) is 0 Å². The molecule has 0 bridgehead atoms. The molecule has 1 atom stereocenters. The maximum atomic E-state index is 11.7. The van der Waals surface area contributed by atoms with Crippen LogP contribution >= 0.6 is 0 Å². The van der Waals surface area contributed by atoms with Gasteiger partial charge in [0.05, 0.1) is 20.6 Å². The van der Waals surface area contributed by atoms with Crippen molar-refractivity contribution in [3.8, 4) is 0 Å². The average Bonchev–Trinajstić information content (AvgIpc) is 2.51. The van der Waals surface area contributed by atoms with E-state index in [2.05, 4.69) is 13.8 Å². The fourth-order valence-electron chi connectivity index (χ4n) is 3.15. The molecular weight excluding hydrogens is 286 g/mol. The molecule has 0 spiro atoms. The monoisotopic (exact) mass is 328 g/mol. The maximum absolute atomic E-state index is 11.7. The number of rotatable bonds is 15. The topological polar surface area (TPSA) is 37.3 Å². The molecule has 1 unspecified atom stereocenters. The lowest BCUT2D eigenvalue weighted by Gasteiger charge is -2.43. The van der Waals surface area contributed by atoms with Gasteiger partial charge < -0.3 is 9.59 Å². The van der Waals surface area contributed by atoms with Gasteiger partial charge >= 0.3 is 5.97 Å². The van der Waals surface area contributed by atoms with E-state index in [0.717, 1.165) is 19.4 Å². The van der Waals surface area contributed by atoms with Crippen molar-refractivity contribution in [3.05, 3.63) is 0 Å². The van der Waals surface area contributed by atoms with Crippen LogP contribution in [-0.2, 0) is 4.79 Å². The predicted octanol–water partition coefficient (Wildman–Crippen LogP) is 5.63. The van der Waals surface area contributed by atoms with Crippen molar-refractivity contribution in [1.82, 2.24) is 0 Å². The van der Waals surface area contributed by atoms with Crippen molar-refractivity contribution < 1.29 is 14.4 Å². The highest BCUT2D eigenvalue weighted by Crippen LogP contribution is 2.27. The molecule has 0 saturated carbocycles. The predicted molar refractivity (Wildman–Crippen MR) is 99.8 cm³/mol. The Bertz CT molecular complexity index is 315. The maximum Gasteiger partial charge on any atom is 0.365 e. The zero-order valence-corrected chi connectivity index (χ0v) is 16.5. The molecule has 0 aromatic carbocycles. The van der Waals surface area contributed by atoms with Gasteiger partial charge in [-0.05, 0) is 13.3 Å². The van der Waals surface area contributed by atoms with Gasteiger partial charge in [-0.15, -0.1) is 0 Å². The molecule has 0 aliphatic rings. The molecule has 0 heterocycles. The van der Waals surface area contributed by atoms with E-state index in [0.29, 0.717) is 4.48 Å². The van der Waals surface area contributed by atoms with Crippen molar-refractivity contribution in [3.63, 3.8) is 0 Å². The van der Waals surface area contributed by atoms with Crippen molar-refractivity contribution in [2.75, 3.05) is 20.6 Å². The first kappa shape index (κ1) is 22.4. The summed E-state index contributed by atoms with van der Waals surface area (Å²) in [6.45, 7) is 7.09. The number of carbonyl (C=O) groups is 1. The lowest BCUT2D eigenvalue weighted by Crippen LogP contribution is -2.62. The third-order valence-electron chi connectivity index (χ3n) is 5.85. The van der Waals surface area contributed by atoms with Crippen LogP contribution in [0, 0.1) is 0 Å². The number of carboxylic acid groups (broad SMARTS) is 1. The molecule has 23 heavy (non-hydrogen) atoms. The summed E-state index contributed by atoms with van der Waals surface area (Å²) in [7, 11) is 4.07. The van der Waals surface area contributed by atoms with Gasteiger partial charge in [0, 0.05) is 13.3 Å². The Hall–Kier alpha value is -0.570. The molecule has 3 heteroatoms. The Morgan fingerprint density at radius 1 is 0.826 bits per heavy atom. The molecule has 0 radical (unpaired) electrons. The van der Waals surface area contributed by atoms with E-state index in [1.165, 1.54) is 64.2 Å². The van der Waals surface area contributed by atoms with Gasteiger partial charge in [0.2, 0.25) is 0 Å². The first-order chi connectivity index (χ1) is 10.8. The Morgan fingerprint density at radius 3 is 1.57 bits per heavy atom. The Balaban J connectivity index is 3.79. The first-order valence-electron chi connectivity index (χ1n) is 9.88. The summed E-state index contributed by atoms with van der Waals surface area (Å²) < 4.78 is 0.556. The van der Waals surface area contributed by atoms with E-state index in [-0.39, 0.29) is 0 Å². The molecule has 0 rings (SSSR count). The lowest BCUT2D eigenvalue weighted by atomic mass is 9.90. The van der Waals surface area contributed by atoms with Crippen LogP contribution in [0.15, 0.2) is 0 Å². The van der Waals surface area contributed by atoms with Gasteiger partial charge in [0.25, 0.3) is 0 Å². The number of unbranched alkanes of at least 4 members (excludes halogenated alkanes) is 10. The molecule has 0 aromatic heterocycles. The van der Waals surface area contributed by atoms with Crippen molar-refractivity contribution >= 4 is 5.97 Å². The first-order valence-corrected chi connectivity index (χ1v) is 9.88. The standard InChI is InChI=1S/C20H41NO2/c1-6-8-9-10-11-12-13-14-15-16-17-18-20(3,19(22)23)21(4,5)7-2/h6-18H2,1-5H3/p+1. The number of carboxylic acids is 1. The Morgan fingerprint density at radius 2 is 1.22 bits per heavy atom. The minimum Gasteiger partial charge on any atom is -0.477 e. The molecule has 0 aromatic rings. The second-order valence-electron chi connectivity index (χ2n) is 7.87. The summed E-state index contributed by atoms with van der Waals surface area (Å²) in [6.07, 6.45) is 15.1. The van der Waals surface area contributed by atoms with Crippen LogP contribution in [0.1, 0.15) is 97.8 Å².